The zero-order valence-corrected chi connectivity index (χ0v) is 14.2. The van der Waals surface area contributed by atoms with Crippen LogP contribution in [0, 0.1) is 0 Å². The maximum atomic E-state index is 12.1. The molecular formula is C19H22O5. The predicted molar refractivity (Wildman–Crippen MR) is 91.1 cm³/mol. The zero-order chi connectivity index (χ0) is 17.4. The summed E-state index contributed by atoms with van der Waals surface area (Å²) in [6, 6.07) is 12.7. The van der Waals surface area contributed by atoms with Crippen molar-refractivity contribution in [2.24, 2.45) is 0 Å². The molecule has 0 spiro atoms. The summed E-state index contributed by atoms with van der Waals surface area (Å²) in [5.41, 5.74) is 0.946. The first kappa shape index (κ1) is 17.7. The normalized spacial score (nSPS) is 10.1. The van der Waals surface area contributed by atoms with E-state index in [9.17, 15) is 4.79 Å². The quantitative estimate of drug-likeness (QED) is 0.546. The van der Waals surface area contributed by atoms with Crippen LogP contribution in [0.5, 0.6) is 23.0 Å². The molecule has 0 N–H and O–H groups in total. The molecular weight excluding hydrogens is 308 g/mol. The molecule has 0 aliphatic heterocycles. The van der Waals surface area contributed by atoms with Crippen LogP contribution in [0.25, 0.3) is 0 Å². The molecule has 2 aromatic rings. The highest BCUT2D eigenvalue weighted by molar-refractivity contribution is 5.73. The van der Waals surface area contributed by atoms with Gasteiger partial charge in [-0.3, -0.25) is 4.79 Å². The van der Waals surface area contributed by atoms with Crippen molar-refractivity contribution < 1.29 is 23.7 Å². The van der Waals surface area contributed by atoms with Crippen LogP contribution >= 0.6 is 0 Å². The highest BCUT2D eigenvalue weighted by Gasteiger charge is 2.11. The molecule has 5 heteroatoms. The van der Waals surface area contributed by atoms with E-state index in [-0.39, 0.29) is 12.4 Å². The van der Waals surface area contributed by atoms with Crippen LogP contribution < -0.4 is 18.9 Å². The lowest BCUT2D eigenvalue weighted by Gasteiger charge is -2.11. The Bertz CT molecular complexity index is 659. The van der Waals surface area contributed by atoms with E-state index in [4.69, 9.17) is 18.9 Å². The lowest BCUT2D eigenvalue weighted by atomic mass is 10.1. The van der Waals surface area contributed by atoms with Crippen molar-refractivity contribution in [3.8, 4) is 23.0 Å². The van der Waals surface area contributed by atoms with Gasteiger partial charge in [0.05, 0.1) is 20.8 Å². The molecule has 2 rings (SSSR count). The number of benzene rings is 2. The van der Waals surface area contributed by atoms with E-state index in [0.717, 1.165) is 5.56 Å². The molecule has 0 saturated heterocycles. The summed E-state index contributed by atoms with van der Waals surface area (Å²) in [6.45, 7) is 2.40. The van der Waals surface area contributed by atoms with Gasteiger partial charge in [0.2, 0.25) is 0 Å². The summed E-state index contributed by atoms with van der Waals surface area (Å²) in [5.74, 6) is 2.08. The Labute approximate surface area is 142 Å². The first-order valence-electron chi connectivity index (χ1n) is 7.80. The Hall–Kier alpha value is -2.69. The van der Waals surface area contributed by atoms with E-state index in [1.807, 2.05) is 25.1 Å². The molecule has 0 aliphatic rings. The number of carbonyl (C=O) groups excluding carboxylic acids is 1. The molecule has 0 unspecified atom stereocenters. The smallest absolute Gasteiger partial charge is 0.311 e. The number of para-hydroxylation sites is 2. The number of esters is 1. The van der Waals surface area contributed by atoms with Gasteiger partial charge in [-0.1, -0.05) is 12.1 Å². The predicted octanol–water partition coefficient (Wildman–Crippen LogP) is 3.64. The number of hydrogen-bond donors (Lipinski definition) is 0. The van der Waals surface area contributed by atoms with Crippen molar-refractivity contribution in [2.45, 2.75) is 19.8 Å². The lowest BCUT2D eigenvalue weighted by Crippen LogP contribution is -2.10. The van der Waals surface area contributed by atoms with Crippen molar-refractivity contribution in [3.63, 3.8) is 0 Å². The Kier molecular flexibility index (Phi) is 6.49. The molecule has 0 atom stereocenters. The molecule has 24 heavy (non-hydrogen) atoms. The molecule has 2 aromatic carbocycles. The van der Waals surface area contributed by atoms with Gasteiger partial charge >= 0.3 is 5.97 Å². The van der Waals surface area contributed by atoms with E-state index in [1.165, 1.54) is 0 Å². The van der Waals surface area contributed by atoms with Crippen molar-refractivity contribution in [1.29, 1.82) is 0 Å². The second kappa shape index (κ2) is 8.82. The topological polar surface area (TPSA) is 54.0 Å². The molecule has 0 aromatic heterocycles. The first-order chi connectivity index (χ1) is 11.7. The third-order valence-corrected chi connectivity index (χ3v) is 3.40. The standard InChI is InChI=1S/C19H22O5/c1-4-23-17-7-5-6-8-18(17)24-19(20)10-9-14-11-15(21-2)13-16(12-14)22-3/h5-8,11-13H,4,9-10H2,1-3H3. The first-order valence-corrected chi connectivity index (χ1v) is 7.80. The van der Waals surface area contributed by atoms with Gasteiger partial charge in [0.15, 0.2) is 11.5 Å². The minimum absolute atomic E-state index is 0.247. The van der Waals surface area contributed by atoms with E-state index < -0.39 is 0 Å². The number of ether oxygens (including phenoxy) is 4. The second-order valence-corrected chi connectivity index (χ2v) is 5.07. The lowest BCUT2D eigenvalue weighted by molar-refractivity contribution is -0.134. The fourth-order valence-corrected chi connectivity index (χ4v) is 2.24. The molecule has 128 valence electrons. The number of aryl methyl sites for hydroxylation is 1. The van der Waals surface area contributed by atoms with Gasteiger partial charge in [-0.25, -0.2) is 0 Å². The average Bonchev–Trinajstić information content (AvgIpc) is 2.61. The Morgan fingerprint density at radius 3 is 2.17 bits per heavy atom. The van der Waals surface area contributed by atoms with Crippen LogP contribution in [-0.2, 0) is 11.2 Å². The van der Waals surface area contributed by atoms with E-state index >= 15 is 0 Å². The number of rotatable bonds is 8. The van der Waals surface area contributed by atoms with E-state index in [0.29, 0.717) is 36.0 Å². The van der Waals surface area contributed by atoms with Crippen LogP contribution in [0.3, 0.4) is 0 Å². The maximum Gasteiger partial charge on any atom is 0.311 e. The summed E-state index contributed by atoms with van der Waals surface area (Å²) in [4.78, 5) is 12.1. The molecule has 0 amide bonds. The minimum atomic E-state index is -0.316. The Balaban J connectivity index is 1.99. The SMILES string of the molecule is CCOc1ccccc1OC(=O)CCc1cc(OC)cc(OC)c1. The molecule has 5 nitrogen and oxygen atoms in total. The minimum Gasteiger partial charge on any atom is -0.497 e. The zero-order valence-electron chi connectivity index (χ0n) is 14.2. The number of carbonyl (C=O) groups is 1. The van der Waals surface area contributed by atoms with Gasteiger partial charge in [0.25, 0.3) is 0 Å². The maximum absolute atomic E-state index is 12.1. The molecule has 0 radical (unpaired) electrons. The fraction of sp³-hybridized carbons (Fsp3) is 0.316. The van der Waals surface area contributed by atoms with Gasteiger partial charge in [0, 0.05) is 12.5 Å². The van der Waals surface area contributed by atoms with Gasteiger partial charge in [-0.15, -0.1) is 0 Å². The Morgan fingerprint density at radius 1 is 0.958 bits per heavy atom. The number of hydrogen-bond acceptors (Lipinski definition) is 5. The summed E-state index contributed by atoms with van der Waals surface area (Å²) in [6.07, 6.45) is 0.778. The van der Waals surface area contributed by atoms with Crippen molar-refractivity contribution in [1.82, 2.24) is 0 Å². The van der Waals surface area contributed by atoms with Crippen molar-refractivity contribution in [3.05, 3.63) is 48.0 Å². The monoisotopic (exact) mass is 330 g/mol. The van der Waals surface area contributed by atoms with Crippen LogP contribution in [0.4, 0.5) is 0 Å². The third kappa shape index (κ3) is 4.91. The van der Waals surface area contributed by atoms with Crippen LogP contribution in [-0.4, -0.2) is 26.8 Å². The molecule has 0 heterocycles. The summed E-state index contributed by atoms with van der Waals surface area (Å²) in [5, 5.41) is 0. The second-order valence-electron chi connectivity index (χ2n) is 5.07. The summed E-state index contributed by atoms with van der Waals surface area (Å²) < 4.78 is 21.3. The van der Waals surface area contributed by atoms with Gasteiger partial charge in [-0.05, 0) is 43.2 Å². The van der Waals surface area contributed by atoms with E-state index in [2.05, 4.69) is 0 Å². The number of methoxy groups -OCH3 is 2. The highest BCUT2D eigenvalue weighted by Crippen LogP contribution is 2.27. The van der Waals surface area contributed by atoms with Gasteiger partial charge in [0.1, 0.15) is 11.5 Å². The van der Waals surface area contributed by atoms with Crippen LogP contribution in [0.1, 0.15) is 18.9 Å². The van der Waals surface area contributed by atoms with Gasteiger partial charge in [-0.2, -0.15) is 0 Å². The summed E-state index contributed by atoms with van der Waals surface area (Å²) >= 11 is 0. The molecule has 0 fully saturated rings. The average molecular weight is 330 g/mol. The third-order valence-electron chi connectivity index (χ3n) is 3.40. The van der Waals surface area contributed by atoms with Crippen molar-refractivity contribution >= 4 is 5.97 Å². The molecule has 0 bridgehead atoms. The van der Waals surface area contributed by atoms with Crippen molar-refractivity contribution in [2.75, 3.05) is 20.8 Å². The summed E-state index contributed by atoms with van der Waals surface area (Å²) in [7, 11) is 3.19. The largest absolute Gasteiger partial charge is 0.497 e. The van der Waals surface area contributed by atoms with Gasteiger partial charge < -0.3 is 18.9 Å². The van der Waals surface area contributed by atoms with Crippen LogP contribution in [0.15, 0.2) is 42.5 Å². The van der Waals surface area contributed by atoms with Crippen LogP contribution in [0.2, 0.25) is 0 Å². The molecule has 0 saturated carbocycles. The van der Waals surface area contributed by atoms with E-state index in [1.54, 1.807) is 38.5 Å². The Morgan fingerprint density at radius 2 is 1.58 bits per heavy atom. The molecule has 0 aliphatic carbocycles. The highest BCUT2D eigenvalue weighted by atomic mass is 16.6. The fourth-order valence-electron chi connectivity index (χ4n) is 2.24.